The van der Waals surface area contributed by atoms with Crippen molar-refractivity contribution in [2.75, 3.05) is 20.3 Å². The Balaban J connectivity index is 2.08. The van der Waals surface area contributed by atoms with Gasteiger partial charge in [-0.15, -0.1) is 11.6 Å². The van der Waals surface area contributed by atoms with Gasteiger partial charge in [-0.05, 0) is 57.8 Å². The largest absolute Gasteiger partial charge is 0.490 e. The summed E-state index contributed by atoms with van der Waals surface area (Å²) in [5, 5.41) is 0.0619. The Morgan fingerprint density at radius 2 is 2.14 bits per heavy atom. The van der Waals surface area contributed by atoms with Crippen molar-refractivity contribution in [3.05, 3.63) is 28.2 Å². The van der Waals surface area contributed by atoms with Gasteiger partial charge in [-0.25, -0.2) is 0 Å². The third-order valence-electron chi connectivity index (χ3n) is 4.51. The zero-order valence-corrected chi connectivity index (χ0v) is 15.3. The lowest BCUT2D eigenvalue weighted by Crippen LogP contribution is -2.21. The molecule has 2 rings (SSSR count). The second kappa shape index (κ2) is 7.34. The van der Waals surface area contributed by atoms with Crippen molar-refractivity contribution >= 4 is 27.5 Å². The first-order valence-electron chi connectivity index (χ1n) is 7.51. The Kier molecular flexibility index (Phi) is 5.98. The van der Waals surface area contributed by atoms with Crippen molar-refractivity contribution in [1.82, 2.24) is 0 Å². The van der Waals surface area contributed by atoms with E-state index in [2.05, 4.69) is 41.9 Å². The Hall–Kier alpha value is -0.250. The maximum Gasteiger partial charge on any atom is 0.133 e. The van der Waals surface area contributed by atoms with Crippen LogP contribution in [0.5, 0.6) is 5.75 Å². The van der Waals surface area contributed by atoms with E-state index in [4.69, 9.17) is 21.1 Å². The van der Waals surface area contributed by atoms with Crippen LogP contribution in [0.3, 0.4) is 0 Å². The maximum absolute atomic E-state index is 6.77. The number of rotatable bonds is 6. The molecule has 0 amide bonds. The van der Waals surface area contributed by atoms with Gasteiger partial charge in [0.25, 0.3) is 0 Å². The van der Waals surface area contributed by atoms with Gasteiger partial charge in [-0.1, -0.05) is 26.3 Å². The summed E-state index contributed by atoms with van der Waals surface area (Å²) in [6.07, 6.45) is 3.76. The van der Waals surface area contributed by atoms with Crippen LogP contribution in [0, 0.1) is 11.3 Å². The minimum absolute atomic E-state index is 0.0619. The van der Waals surface area contributed by atoms with E-state index in [1.807, 2.05) is 6.07 Å². The van der Waals surface area contributed by atoms with Gasteiger partial charge in [-0.2, -0.15) is 0 Å². The summed E-state index contributed by atoms with van der Waals surface area (Å²) in [6.45, 7) is 5.80. The summed E-state index contributed by atoms with van der Waals surface area (Å²) in [5.74, 6) is 1.37. The first-order chi connectivity index (χ1) is 9.95. The van der Waals surface area contributed by atoms with Gasteiger partial charge in [0.2, 0.25) is 0 Å². The normalized spacial score (nSPS) is 22.2. The van der Waals surface area contributed by atoms with E-state index >= 15 is 0 Å². The summed E-state index contributed by atoms with van der Waals surface area (Å²) in [6, 6.07) is 6.17. The van der Waals surface area contributed by atoms with Crippen LogP contribution in [0.4, 0.5) is 0 Å². The highest BCUT2D eigenvalue weighted by atomic mass is 79.9. The molecule has 1 aliphatic rings. The van der Waals surface area contributed by atoms with Gasteiger partial charge in [0.15, 0.2) is 0 Å². The molecule has 0 bridgehead atoms. The molecule has 1 saturated carbocycles. The van der Waals surface area contributed by atoms with Crippen LogP contribution in [-0.2, 0) is 4.74 Å². The zero-order valence-electron chi connectivity index (χ0n) is 13.0. The van der Waals surface area contributed by atoms with Gasteiger partial charge in [0.1, 0.15) is 12.4 Å². The Bertz CT molecular complexity index is 476. The molecule has 4 heteroatoms. The molecule has 0 heterocycles. The second-order valence-corrected chi connectivity index (χ2v) is 7.74. The Morgan fingerprint density at radius 1 is 1.38 bits per heavy atom. The summed E-state index contributed by atoms with van der Waals surface area (Å²) in [5.41, 5.74) is 1.50. The zero-order chi connectivity index (χ0) is 15.5. The number of ether oxygens (including phenoxy) is 2. The number of halogens is 2. The molecule has 1 aromatic rings. The third kappa shape index (κ3) is 4.14. The number of hydrogen-bond acceptors (Lipinski definition) is 2. The average molecular weight is 376 g/mol. The monoisotopic (exact) mass is 374 g/mol. The fourth-order valence-electron chi connectivity index (χ4n) is 3.17. The SMILES string of the molecule is COCCOc1ccc(C(Cl)C2CCCC2(C)C)cc1Br. The summed E-state index contributed by atoms with van der Waals surface area (Å²) in [7, 11) is 1.67. The molecule has 118 valence electrons. The van der Waals surface area contributed by atoms with Gasteiger partial charge < -0.3 is 9.47 Å². The van der Waals surface area contributed by atoms with Crippen molar-refractivity contribution in [3.8, 4) is 5.75 Å². The number of hydrogen-bond donors (Lipinski definition) is 0. The standard InChI is InChI=1S/C17H24BrClO2/c1-17(2)8-4-5-13(17)16(19)12-6-7-15(14(18)11-12)21-10-9-20-3/h6-7,11,13,16H,4-5,8-10H2,1-3H3. The van der Waals surface area contributed by atoms with Crippen molar-refractivity contribution in [2.45, 2.75) is 38.5 Å². The molecule has 0 N–H and O–H groups in total. The molecule has 2 nitrogen and oxygen atoms in total. The second-order valence-electron chi connectivity index (χ2n) is 6.42. The minimum atomic E-state index is 0.0619. The topological polar surface area (TPSA) is 18.5 Å². The molecular formula is C17H24BrClO2. The van der Waals surface area contributed by atoms with Crippen LogP contribution >= 0.6 is 27.5 Å². The van der Waals surface area contributed by atoms with Crippen LogP contribution < -0.4 is 4.74 Å². The first kappa shape index (κ1) is 17.1. The van der Waals surface area contributed by atoms with E-state index in [1.54, 1.807) is 7.11 Å². The average Bonchev–Trinajstić information content (AvgIpc) is 2.79. The fourth-order valence-corrected chi connectivity index (χ4v) is 4.28. The van der Waals surface area contributed by atoms with E-state index in [1.165, 1.54) is 24.8 Å². The number of alkyl halides is 1. The Labute approximate surface area is 141 Å². The van der Waals surface area contributed by atoms with Gasteiger partial charge >= 0.3 is 0 Å². The lowest BCUT2D eigenvalue weighted by atomic mass is 9.78. The maximum atomic E-state index is 6.77. The van der Waals surface area contributed by atoms with E-state index < -0.39 is 0 Å². The molecule has 0 aliphatic heterocycles. The molecule has 2 atom stereocenters. The highest BCUT2D eigenvalue weighted by Crippen LogP contribution is 2.51. The van der Waals surface area contributed by atoms with Crippen molar-refractivity contribution < 1.29 is 9.47 Å². The van der Waals surface area contributed by atoms with Crippen molar-refractivity contribution in [3.63, 3.8) is 0 Å². The van der Waals surface area contributed by atoms with Crippen LogP contribution in [-0.4, -0.2) is 20.3 Å². The van der Waals surface area contributed by atoms with E-state index in [0.29, 0.717) is 24.5 Å². The molecule has 0 radical (unpaired) electrons. The fraction of sp³-hybridized carbons (Fsp3) is 0.647. The van der Waals surface area contributed by atoms with Crippen LogP contribution in [0.15, 0.2) is 22.7 Å². The van der Waals surface area contributed by atoms with Crippen molar-refractivity contribution in [2.24, 2.45) is 11.3 Å². The van der Waals surface area contributed by atoms with Crippen LogP contribution in [0.2, 0.25) is 0 Å². The summed E-state index contributed by atoms with van der Waals surface area (Å²) in [4.78, 5) is 0. The van der Waals surface area contributed by atoms with E-state index in [9.17, 15) is 0 Å². The Morgan fingerprint density at radius 3 is 2.71 bits per heavy atom. The van der Waals surface area contributed by atoms with Crippen LogP contribution in [0.25, 0.3) is 0 Å². The third-order valence-corrected chi connectivity index (χ3v) is 5.69. The molecule has 2 unspecified atom stereocenters. The van der Waals surface area contributed by atoms with Gasteiger partial charge in [-0.3, -0.25) is 0 Å². The molecule has 21 heavy (non-hydrogen) atoms. The van der Waals surface area contributed by atoms with E-state index in [0.717, 1.165) is 10.2 Å². The molecule has 0 saturated heterocycles. The minimum Gasteiger partial charge on any atom is -0.490 e. The number of methoxy groups -OCH3 is 1. The smallest absolute Gasteiger partial charge is 0.133 e. The molecule has 1 fully saturated rings. The summed E-state index contributed by atoms with van der Waals surface area (Å²) < 4.78 is 11.6. The number of benzene rings is 1. The highest BCUT2D eigenvalue weighted by molar-refractivity contribution is 9.10. The predicted octanol–water partition coefficient (Wildman–Crippen LogP) is 5.58. The van der Waals surface area contributed by atoms with Crippen molar-refractivity contribution in [1.29, 1.82) is 0 Å². The molecule has 0 aromatic heterocycles. The summed E-state index contributed by atoms with van der Waals surface area (Å²) >= 11 is 10.3. The lowest BCUT2D eigenvalue weighted by Gasteiger charge is -2.31. The predicted molar refractivity (Wildman–Crippen MR) is 91.2 cm³/mol. The quantitative estimate of drug-likeness (QED) is 0.477. The molecule has 1 aliphatic carbocycles. The van der Waals surface area contributed by atoms with Gasteiger partial charge in [0, 0.05) is 7.11 Å². The molecule has 1 aromatic carbocycles. The lowest BCUT2D eigenvalue weighted by molar-refractivity contribution is 0.146. The van der Waals surface area contributed by atoms with E-state index in [-0.39, 0.29) is 5.38 Å². The highest BCUT2D eigenvalue weighted by Gasteiger charge is 2.39. The van der Waals surface area contributed by atoms with Crippen LogP contribution in [0.1, 0.15) is 44.1 Å². The van der Waals surface area contributed by atoms with Gasteiger partial charge in [0.05, 0.1) is 16.5 Å². The first-order valence-corrected chi connectivity index (χ1v) is 8.74. The molecule has 0 spiro atoms. The molecular weight excluding hydrogens is 352 g/mol.